The summed E-state index contributed by atoms with van der Waals surface area (Å²) < 4.78 is 0. The zero-order chi connectivity index (χ0) is 13.9. The Morgan fingerprint density at radius 1 is 0.650 bits per heavy atom. The molecule has 0 spiro atoms. The standard InChI is InChI=1S/C18H14ClN/c19-14-7-5-6-13(12-14)15-8-1-2-9-16(15)17-10-3-4-11-18(17)20/h1-12H,20H2. The van der Waals surface area contributed by atoms with Crippen molar-refractivity contribution in [1.82, 2.24) is 0 Å². The third-order valence-electron chi connectivity index (χ3n) is 3.31. The van der Waals surface area contributed by atoms with Crippen molar-refractivity contribution in [3.8, 4) is 22.3 Å². The SMILES string of the molecule is Nc1ccccc1-c1ccccc1-c1cccc(Cl)c1. The summed E-state index contributed by atoms with van der Waals surface area (Å²) in [4.78, 5) is 0. The molecule has 3 aromatic rings. The molecule has 0 heterocycles. The van der Waals surface area contributed by atoms with Gasteiger partial charge in [0.1, 0.15) is 0 Å². The van der Waals surface area contributed by atoms with Gasteiger partial charge in [-0.05, 0) is 34.9 Å². The highest BCUT2D eigenvalue weighted by Gasteiger charge is 2.09. The predicted molar refractivity (Wildman–Crippen MR) is 86.7 cm³/mol. The fourth-order valence-corrected chi connectivity index (χ4v) is 2.56. The first-order valence-corrected chi connectivity index (χ1v) is 6.83. The van der Waals surface area contributed by atoms with Crippen molar-refractivity contribution in [2.45, 2.75) is 0 Å². The number of nitrogen functional groups attached to an aromatic ring is 1. The Bertz CT molecular complexity index is 750. The highest BCUT2D eigenvalue weighted by atomic mass is 35.5. The van der Waals surface area contributed by atoms with Crippen molar-refractivity contribution < 1.29 is 0 Å². The predicted octanol–water partition coefficient (Wildman–Crippen LogP) is 5.26. The number of anilines is 1. The summed E-state index contributed by atoms with van der Waals surface area (Å²) in [6, 6.07) is 24.0. The van der Waals surface area contributed by atoms with E-state index >= 15 is 0 Å². The normalized spacial score (nSPS) is 10.4. The molecule has 3 rings (SSSR count). The van der Waals surface area contributed by atoms with Gasteiger partial charge in [-0.1, -0.05) is 66.2 Å². The van der Waals surface area contributed by atoms with Gasteiger partial charge in [-0.3, -0.25) is 0 Å². The molecule has 0 bridgehead atoms. The maximum Gasteiger partial charge on any atom is 0.0412 e. The van der Waals surface area contributed by atoms with E-state index in [-0.39, 0.29) is 0 Å². The summed E-state index contributed by atoms with van der Waals surface area (Å²) >= 11 is 6.10. The van der Waals surface area contributed by atoms with Crippen LogP contribution in [0.3, 0.4) is 0 Å². The largest absolute Gasteiger partial charge is 0.398 e. The highest BCUT2D eigenvalue weighted by Crippen LogP contribution is 2.35. The zero-order valence-electron chi connectivity index (χ0n) is 10.9. The van der Waals surface area contributed by atoms with Crippen LogP contribution >= 0.6 is 11.6 Å². The molecular formula is C18H14ClN. The lowest BCUT2D eigenvalue weighted by molar-refractivity contribution is 1.58. The minimum atomic E-state index is 0.735. The molecular weight excluding hydrogens is 266 g/mol. The number of hydrogen-bond acceptors (Lipinski definition) is 1. The van der Waals surface area contributed by atoms with Crippen LogP contribution < -0.4 is 5.73 Å². The molecule has 0 saturated heterocycles. The van der Waals surface area contributed by atoms with Crippen LogP contribution in [-0.4, -0.2) is 0 Å². The molecule has 0 unspecified atom stereocenters. The van der Waals surface area contributed by atoms with E-state index in [1.807, 2.05) is 54.6 Å². The van der Waals surface area contributed by atoms with Crippen molar-refractivity contribution in [1.29, 1.82) is 0 Å². The summed E-state index contributed by atoms with van der Waals surface area (Å²) in [5.74, 6) is 0. The van der Waals surface area contributed by atoms with Crippen molar-refractivity contribution in [2.75, 3.05) is 5.73 Å². The lowest BCUT2D eigenvalue weighted by atomic mass is 9.94. The van der Waals surface area contributed by atoms with Crippen LogP contribution in [0.1, 0.15) is 0 Å². The third kappa shape index (κ3) is 2.40. The molecule has 0 aliphatic heterocycles. The van der Waals surface area contributed by atoms with Crippen molar-refractivity contribution in [3.05, 3.63) is 77.8 Å². The maximum absolute atomic E-state index is 6.10. The lowest BCUT2D eigenvalue weighted by Gasteiger charge is -2.12. The van der Waals surface area contributed by atoms with Gasteiger partial charge in [0.25, 0.3) is 0 Å². The zero-order valence-corrected chi connectivity index (χ0v) is 11.6. The van der Waals surface area contributed by atoms with E-state index in [0.717, 1.165) is 33.0 Å². The van der Waals surface area contributed by atoms with E-state index in [2.05, 4.69) is 18.2 Å². The van der Waals surface area contributed by atoms with Gasteiger partial charge in [0.15, 0.2) is 0 Å². The number of hydrogen-bond donors (Lipinski definition) is 1. The molecule has 0 aliphatic rings. The fraction of sp³-hybridized carbons (Fsp3) is 0. The van der Waals surface area contributed by atoms with Crippen molar-refractivity contribution in [3.63, 3.8) is 0 Å². The number of para-hydroxylation sites is 1. The van der Waals surface area contributed by atoms with Crippen LogP contribution in [0.4, 0.5) is 5.69 Å². The van der Waals surface area contributed by atoms with Gasteiger partial charge < -0.3 is 5.73 Å². The average Bonchev–Trinajstić information content (AvgIpc) is 2.48. The monoisotopic (exact) mass is 279 g/mol. The van der Waals surface area contributed by atoms with Crippen LogP contribution in [0, 0.1) is 0 Å². The Morgan fingerprint density at radius 2 is 1.30 bits per heavy atom. The summed E-state index contributed by atoms with van der Waals surface area (Å²) in [7, 11) is 0. The molecule has 0 aliphatic carbocycles. The number of rotatable bonds is 2. The summed E-state index contributed by atoms with van der Waals surface area (Å²) in [6.07, 6.45) is 0. The van der Waals surface area contributed by atoms with E-state index < -0.39 is 0 Å². The van der Waals surface area contributed by atoms with E-state index in [0.29, 0.717) is 0 Å². The maximum atomic E-state index is 6.10. The van der Waals surface area contributed by atoms with Gasteiger partial charge in [-0.15, -0.1) is 0 Å². The van der Waals surface area contributed by atoms with Crippen LogP contribution in [0.5, 0.6) is 0 Å². The number of benzene rings is 3. The summed E-state index contributed by atoms with van der Waals surface area (Å²) in [5.41, 5.74) is 11.3. The van der Waals surface area contributed by atoms with Crippen LogP contribution in [0.25, 0.3) is 22.3 Å². The Balaban J connectivity index is 2.22. The van der Waals surface area contributed by atoms with Crippen molar-refractivity contribution in [2.24, 2.45) is 0 Å². The first kappa shape index (κ1) is 12.8. The average molecular weight is 280 g/mol. The molecule has 0 amide bonds. The molecule has 20 heavy (non-hydrogen) atoms. The molecule has 0 fully saturated rings. The lowest BCUT2D eigenvalue weighted by Crippen LogP contribution is -1.91. The van der Waals surface area contributed by atoms with Crippen molar-refractivity contribution >= 4 is 17.3 Å². The van der Waals surface area contributed by atoms with E-state index in [1.165, 1.54) is 0 Å². The molecule has 0 aromatic heterocycles. The van der Waals surface area contributed by atoms with Gasteiger partial charge in [0.05, 0.1) is 0 Å². The molecule has 3 aromatic carbocycles. The molecule has 2 heteroatoms. The first-order valence-electron chi connectivity index (χ1n) is 6.45. The molecule has 0 radical (unpaired) electrons. The second-order valence-electron chi connectivity index (χ2n) is 4.64. The minimum Gasteiger partial charge on any atom is -0.398 e. The topological polar surface area (TPSA) is 26.0 Å². The Hall–Kier alpha value is -2.25. The molecule has 2 N–H and O–H groups in total. The Morgan fingerprint density at radius 3 is 2.00 bits per heavy atom. The summed E-state index contributed by atoms with van der Waals surface area (Å²) in [6.45, 7) is 0. The van der Waals surface area contributed by atoms with E-state index in [1.54, 1.807) is 0 Å². The molecule has 1 nitrogen and oxygen atoms in total. The highest BCUT2D eigenvalue weighted by molar-refractivity contribution is 6.30. The Labute approximate surface area is 123 Å². The Kier molecular flexibility index (Phi) is 3.44. The van der Waals surface area contributed by atoms with E-state index in [4.69, 9.17) is 17.3 Å². The quantitative estimate of drug-likeness (QED) is 0.637. The van der Waals surface area contributed by atoms with Crippen LogP contribution in [0.2, 0.25) is 5.02 Å². The minimum absolute atomic E-state index is 0.735. The van der Waals surface area contributed by atoms with Crippen LogP contribution in [0.15, 0.2) is 72.8 Å². The van der Waals surface area contributed by atoms with Gasteiger partial charge in [0, 0.05) is 16.3 Å². The van der Waals surface area contributed by atoms with E-state index in [9.17, 15) is 0 Å². The second-order valence-corrected chi connectivity index (χ2v) is 5.08. The second kappa shape index (κ2) is 5.40. The van der Waals surface area contributed by atoms with Gasteiger partial charge in [-0.2, -0.15) is 0 Å². The van der Waals surface area contributed by atoms with Gasteiger partial charge >= 0.3 is 0 Å². The number of halogens is 1. The van der Waals surface area contributed by atoms with Gasteiger partial charge in [0.2, 0.25) is 0 Å². The molecule has 98 valence electrons. The summed E-state index contributed by atoms with van der Waals surface area (Å²) in [5, 5.41) is 0.735. The fourth-order valence-electron chi connectivity index (χ4n) is 2.37. The first-order chi connectivity index (χ1) is 9.75. The smallest absolute Gasteiger partial charge is 0.0412 e. The van der Waals surface area contributed by atoms with Crippen LogP contribution in [-0.2, 0) is 0 Å². The number of nitrogens with two attached hydrogens (primary N) is 1. The molecule has 0 atom stereocenters. The third-order valence-corrected chi connectivity index (χ3v) is 3.55. The van der Waals surface area contributed by atoms with Gasteiger partial charge in [-0.25, -0.2) is 0 Å². The molecule has 0 saturated carbocycles.